The van der Waals surface area contributed by atoms with Crippen LogP contribution in [0.3, 0.4) is 0 Å². The molecule has 1 saturated heterocycles. The number of carbonyl (C=O) groups is 1. The first kappa shape index (κ1) is 18.2. The molecular weight excluding hydrogens is 375 g/mol. The Balaban J connectivity index is 2.01. The molecule has 0 bridgehead atoms. The zero-order valence-corrected chi connectivity index (χ0v) is 14.0. The molecular formula is C16H13ClF3N3O3. The summed E-state index contributed by atoms with van der Waals surface area (Å²) in [6, 6.07) is 1.93. The summed E-state index contributed by atoms with van der Waals surface area (Å²) in [5.74, 6) is -4.51. The second-order valence-corrected chi connectivity index (χ2v) is 6.31. The molecule has 3 rings (SSSR count). The number of aromatic nitrogens is 2. The highest BCUT2D eigenvalue weighted by Gasteiger charge is 2.26. The van der Waals surface area contributed by atoms with Gasteiger partial charge < -0.3 is 5.32 Å². The van der Waals surface area contributed by atoms with Crippen LogP contribution >= 0.6 is 11.6 Å². The van der Waals surface area contributed by atoms with E-state index in [-0.39, 0.29) is 23.2 Å². The van der Waals surface area contributed by atoms with Gasteiger partial charge >= 0.3 is 5.69 Å². The smallest absolute Gasteiger partial charge is 0.332 e. The van der Waals surface area contributed by atoms with Gasteiger partial charge in [-0.2, -0.15) is 0 Å². The van der Waals surface area contributed by atoms with Gasteiger partial charge in [0.05, 0.1) is 12.5 Å². The van der Waals surface area contributed by atoms with Crippen LogP contribution in [0.4, 0.5) is 13.2 Å². The van der Waals surface area contributed by atoms with Crippen molar-refractivity contribution in [3.8, 4) is 0 Å². The minimum Gasteiger partial charge on any atom is -0.356 e. The Kier molecular flexibility index (Phi) is 4.90. The quantitative estimate of drug-likeness (QED) is 0.634. The third-order valence-corrected chi connectivity index (χ3v) is 4.52. The van der Waals surface area contributed by atoms with Crippen molar-refractivity contribution in [1.29, 1.82) is 0 Å². The average Bonchev–Trinajstić information content (AvgIpc) is 2.97. The fourth-order valence-electron chi connectivity index (χ4n) is 2.80. The number of benzene rings is 1. The Bertz CT molecular complexity index is 1000. The van der Waals surface area contributed by atoms with Crippen LogP contribution in [0.15, 0.2) is 27.8 Å². The van der Waals surface area contributed by atoms with E-state index < -0.39 is 41.2 Å². The Morgan fingerprint density at radius 3 is 2.38 bits per heavy atom. The maximum atomic E-state index is 13.9. The van der Waals surface area contributed by atoms with Crippen molar-refractivity contribution in [3.63, 3.8) is 0 Å². The number of amides is 1. The SMILES string of the molecule is O=C1NCCC1Cn1c(=O)cc(Cl)n(Cc2cc(F)c(F)cc2F)c1=O. The molecule has 1 fully saturated rings. The molecule has 1 atom stereocenters. The van der Waals surface area contributed by atoms with Crippen LogP contribution in [0.1, 0.15) is 12.0 Å². The van der Waals surface area contributed by atoms with E-state index in [1.165, 1.54) is 0 Å². The maximum absolute atomic E-state index is 13.9. The van der Waals surface area contributed by atoms with E-state index in [9.17, 15) is 27.6 Å². The summed E-state index contributed by atoms with van der Waals surface area (Å²) < 4.78 is 41.9. The Morgan fingerprint density at radius 2 is 1.73 bits per heavy atom. The highest BCUT2D eigenvalue weighted by molar-refractivity contribution is 6.29. The van der Waals surface area contributed by atoms with Crippen molar-refractivity contribution < 1.29 is 18.0 Å². The van der Waals surface area contributed by atoms with Gasteiger partial charge in [0.1, 0.15) is 11.0 Å². The molecule has 1 aliphatic heterocycles. The van der Waals surface area contributed by atoms with E-state index >= 15 is 0 Å². The summed E-state index contributed by atoms with van der Waals surface area (Å²) in [7, 11) is 0. The second-order valence-electron chi connectivity index (χ2n) is 5.92. The largest absolute Gasteiger partial charge is 0.356 e. The molecule has 0 aliphatic carbocycles. The molecule has 1 N–H and O–H groups in total. The molecule has 26 heavy (non-hydrogen) atoms. The molecule has 1 unspecified atom stereocenters. The lowest BCUT2D eigenvalue weighted by Gasteiger charge is -2.14. The Morgan fingerprint density at radius 1 is 1.04 bits per heavy atom. The first-order valence-electron chi connectivity index (χ1n) is 7.69. The maximum Gasteiger partial charge on any atom is 0.332 e. The van der Waals surface area contributed by atoms with Gasteiger partial charge in [-0.05, 0) is 12.5 Å². The molecule has 0 saturated carbocycles. The third-order valence-electron chi connectivity index (χ3n) is 4.21. The average molecular weight is 388 g/mol. The highest BCUT2D eigenvalue weighted by Crippen LogP contribution is 2.16. The number of hydrogen-bond acceptors (Lipinski definition) is 3. The molecule has 138 valence electrons. The summed E-state index contributed by atoms with van der Waals surface area (Å²) in [6.07, 6.45) is 0.463. The van der Waals surface area contributed by atoms with Crippen molar-refractivity contribution in [1.82, 2.24) is 14.5 Å². The molecule has 0 spiro atoms. The van der Waals surface area contributed by atoms with Crippen LogP contribution in [0.5, 0.6) is 0 Å². The summed E-state index contributed by atoms with van der Waals surface area (Å²) >= 11 is 5.91. The van der Waals surface area contributed by atoms with Crippen LogP contribution in [0, 0.1) is 23.4 Å². The van der Waals surface area contributed by atoms with E-state index in [1.54, 1.807) is 0 Å². The molecule has 2 aromatic rings. The summed E-state index contributed by atoms with van der Waals surface area (Å²) in [5.41, 5.74) is -1.88. The second kappa shape index (κ2) is 6.99. The first-order valence-corrected chi connectivity index (χ1v) is 8.07. The number of nitrogens with one attached hydrogen (secondary N) is 1. The van der Waals surface area contributed by atoms with Crippen molar-refractivity contribution in [2.24, 2.45) is 5.92 Å². The summed E-state index contributed by atoms with van der Waals surface area (Å²) in [4.78, 5) is 36.3. The van der Waals surface area contributed by atoms with Crippen molar-refractivity contribution in [3.05, 3.63) is 67.2 Å². The zero-order chi connectivity index (χ0) is 19.0. The van der Waals surface area contributed by atoms with E-state index in [4.69, 9.17) is 11.6 Å². The Labute approximate surface area is 149 Å². The van der Waals surface area contributed by atoms with Gasteiger partial charge in [0.15, 0.2) is 11.6 Å². The minimum absolute atomic E-state index is 0.152. The molecule has 10 heteroatoms. The van der Waals surface area contributed by atoms with Gasteiger partial charge in [0.2, 0.25) is 5.91 Å². The van der Waals surface area contributed by atoms with Crippen LogP contribution in [0.2, 0.25) is 5.15 Å². The van der Waals surface area contributed by atoms with E-state index in [2.05, 4.69) is 5.32 Å². The number of rotatable bonds is 4. The monoisotopic (exact) mass is 387 g/mol. The van der Waals surface area contributed by atoms with Crippen molar-refractivity contribution in [2.75, 3.05) is 6.54 Å². The molecule has 6 nitrogen and oxygen atoms in total. The molecule has 1 aromatic heterocycles. The number of carbonyl (C=O) groups excluding carboxylic acids is 1. The molecule has 0 radical (unpaired) electrons. The standard InChI is InChI=1S/C16H13ClF3N3O3/c17-13-5-14(24)23(6-8-1-2-21-15(8)25)16(26)22(13)7-9-3-11(19)12(20)4-10(9)18/h3-5,8H,1-2,6-7H2,(H,21,25). The number of nitrogens with zero attached hydrogens (tertiary/aromatic N) is 2. The van der Waals surface area contributed by atoms with Gasteiger partial charge in [0.25, 0.3) is 5.56 Å². The van der Waals surface area contributed by atoms with Crippen LogP contribution < -0.4 is 16.6 Å². The minimum atomic E-state index is -1.36. The van der Waals surface area contributed by atoms with Gasteiger partial charge in [-0.3, -0.25) is 18.7 Å². The number of hydrogen-bond donors (Lipinski definition) is 1. The number of halogens is 4. The van der Waals surface area contributed by atoms with Crippen LogP contribution in [-0.4, -0.2) is 21.6 Å². The van der Waals surface area contributed by atoms with Crippen LogP contribution in [0.25, 0.3) is 0 Å². The highest BCUT2D eigenvalue weighted by atomic mass is 35.5. The zero-order valence-electron chi connectivity index (χ0n) is 13.3. The topological polar surface area (TPSA) is 73.1 Å². The first-order chi connectivity index (χ1) is 12.3. The molecule has 1 aliphatic rings. The normalized spacial score (nSPS) is 16.8. The van der Waals surface area contributed by atoms with E-state index in [0.29, 0.717) is 25.1 Å². The van der Waals surface area contributed by atoms with Crippen molar-refractivity contribution in [2.45, 2.75) is 19.5 Å². The Hall–Kier alpha value is -2.55. The van der Waals surface area contributed by atoms with Gasteiger partial charge in [0, 0.05) is 30.8 Å². The summed E-state index contributed by atoms with van der Waals surface area (Å²) in [6.45, 7) is -0.209. The lowest BCUT2D eigenvalue weighted by molar-refractivity contribution is -0.122. The molecule has 1 amide bonds. The van der Waals surface area contributed by atoms with Crippen LogP contribution in [-0.2, 0) is 17.9 Å². The van der Waals surface area contributed by atoms with Gasteiger partial charge in [-0.25, -0.2) is 18.0 Å². The van der Waals surface area contributed by atoms with E-state index in [1.807, 2.05) is 0 Å². The fourth-order valence-corrected chi connectivity index (χ4v) is 3.02. The predicted octanol–water partition coefficient (Wildman–Crippen LogP) is 1.27. The lowest BCUT2D eigenvalue weighted by atomic mass is 10.1. The molecule has 1 aromatic carbocycles. The fraction of sp³-hybridized carbons (Fsp3) is 0.312. The van der Waals surface area contributed by atoms with Gasteiger partial charge in [-0.1, -0.05) is 11.6 Å². The van der Waals surface area contributed by atoms with E-state index in [0.717, 1.165) is 15.2 Å². The van der Waals surface area contributed by atoms with Gasteiger partial charge in [-0.15, -0.1) is 0 Å². The predicted molar refractivity (Wildman–Crippen MR) is 86.5 cm³/mol. The summed E-state index contributed by atoms with van der Waals surface area (Å²) in [5, 5.41) is 2.32. The lowest BCUT2D eigenvalue weighted by Crippen LogP contribution is -2.42. The third kappa shape index (κ3) is 3.39. The molecule has 2 heterocycles. The van der Waals surface area contributed by atoms with Crippen molar-refractivity contribution >= 4 is 17.5 Å².